The van der Waals surface area contributed by atoms with Crippen LogP contribution in [0.4, 0.5) is 10.3 Å². The molecule has 0 unspecified atom stereocenters. The molecule has 2 heterocycles. The summed E-state index contributed by atoms with van der Waals surface area (Å²) in [6.07, 6.45) is 3.84. The van der Waals surface area contributed by atoms with Crippen molar-refractivity contribution in [2.45, 2.75) is 25.8 Å². The van der Waals surface area contributed by atoms with E-state index >= 15 is 0 Å². The molecular formula is C18H21FN4O2. The molecular weight excluding hydrogens is 323 g/mol. The number of para-hydroxylation sites is 1. The van der Waals surface area contributed by atoms with Crippen molar-refractivity contribution in [2.24, 2.45) is 0 Å². The van der Waals surface area contributed by atoms with Gasteiger partial charge in [-0.15, -0.1) is 0 Å². The number of benzene rings is 1. The van der Waals surface area contributed by atoms with E-state index in [-0.39, 0.29) is 11.9 Å². The number of hydrogen-bond donors (Lipinski definition) is 1. The predicted molar refractivity (Wildman–Crippen MR) is 92.1 cm³/mol. The minimum absolute atomic E-state index is 0.0134. The van der Waals surface area contributed by atoms with Gasteiger partial charge in [-0.25, -0.2) is 14.4 Å². The fourth-order valence-electron chi connectivity index (χ4n) is 2.89. The quantitative estimate of drug-likeness (QED) is 0.903. The zero-order valence-electron chi connectivity index (χ0n) is 14.1. The molecule has 1 aliphatic heterocycles. The second-order valence-corrected chi connectivity index (χ2v) is 5.86. The van der Waals surface area contributed by atoms with Gasteiger partial charge in [0.05, 0.1) is 24.6 Å². The predicted octanol–water partition coefficient (Wildman–Crippen LogP) is 2.73. The number of nitrogens with one attached hydrogen (secondary N) is 1. The van der Waals surface area contributed by atoms with E-state index in [1.165, 1.54) is 0 Å². The van der Waals surface area contributed by atoms with E-state index in [0.29, 0.717) is 37.0 Å². The van der Waals surface area contributed by atoms with E-state index in [1.807, 2.05) is 30.0 Å². The molecule has 0 radical (unpaired) electrons. The van der Waals surface area contributed by atoms with Gasteiger partial charge in [0.25, 0.3) is 5.91 Å². The number of anilines is 1. The SMILES string of the molecule is CCOc1ccccc1C(=O)N1CCC(Nc2ncc(F)cn2)CC1. The average Bonchev–Trinajstić information content (AvgIpc) is 2.64. The van der Waals surface area contributed by atoms with Gasteiger partial charge in [-0.1, -0.05) is 12.1 Å². The number of halogens is 1. The van der Waals surface area contributed by atoms with Gasteiger partial charge in [-0.05, 0) is 31.9 Å². The molecule has 0 atom stereocenters. The molecule has 0 saturated carbocycles. The van der Waals surface area contributed by atoms with Crippen LogP contribution in [0.3, 0.4) is 0 Å². The molecule has 3 rings (SSSR count). The Bertz CT molecular complexity index is 715. The van der Waals surface area contributed by atoms with Gasteiger partial charge in [-0.3, -0.25) is 4.79 Å². The first-order chi connectivity index (χ1) is 12.2. The topological polar surface area (TPSA) is 67.3 Å². The van der Waals surface area contributed by atoms with Crippen LogP contribution in [-0.2, 0) is 0 Å². The van der Waals surface area contributed by atoms with Crippen LogP contribution in [-0.4, -0.2) is 46.5 Å². The second kappa shape index (κ2) is 7.92. The summed E-state index contributed by atoms with van der Waals surface area (Å²) >= 11 is 0. The van der Waals surface area contributed by atoms with Crippen molar-refractivity contribution in [2.75, 3.05) is 25.0 Å². The Hall–Kier alpha value is -2.70. The Balaban J connectivity index is 1.58. The highest BCUT2D eigenvalue weighted by molar-refractivity contribution is 5.97. The Morgan fingerprint density at radius 1 is 1.28 bits per heavy atom. The number of rotatable bonds is 5. The Morgan fingerprint density at radius 3 is 2.64 bits per heavy atom. The van der Waals surface area contributed by atoms with E-state index in [0.717, 1.165) is 25.2 Å². The van der Waals surface area contributed by atoms with Gasteiger partial charge in [0.15, 0.2) is 5.82 Å². The van der Waals surface area contributed by atoms with Crippen molar-refractivity contribution in [1.82, 2.24) is 14.9 Å². The van der Waals surface area contributed by atoms with Crippen molar-refractivity contribution < 1.29 is 13.9 Å². The Morgan fingerprint density at radius 2 is 1.96 bits per heavy atom. The number of ether oxygens (including phenoxy) is 1. The number of carbonyl (C=O) groups excluding carboxylic acids is 1. The van der Waals surface area contributed by atoms with Crippen molar-refractivity contribution >= 4 is 11.9 Å². The molecule has 1 aromatic heterocycles. The van der Waals surface area contributed by atoms with Gasteiger partial charge in [-0.2, -0.15) is 0 Å². The molecule has 132 valence electrons. The molecule has 2 aromatic rings. The monoisotopic (exact) mass is 344 g/mol. The number of piperidine rings is 1. The van der Waals surface area contributed by atoms with Gasteiger partial charge < -0.3 is 15.0 Å². The summed E-state index contributed by atoms with van der Waals surface area (Å²) < 4.78 is 18.4. The summed E-state index contributed by atoms with van der Waals surface area (Å²) in [6.45, 7) is 3.69. The summed E-state index contributed by atoms with van der Waals surface area (Å²) in [5, 5.41) is 3.19. The highest BCUT2D eigenvalue weighted by Gasteiger charge is 2.25. The largest absolute Gasteiger partial charge is 0.493 e. The van der Waals surface area contributed by atoms with E-state index in [9.17, 15) is 9.18 Å². The van der Waals surface area contributed by atoms with Crippen molar-refractivity contribution in [3.63, 3.8) is 0 Å². The van der Waals surface area contributed by atoms with E-state index in [1.54, 1.807) is 6.07 Å². The molecule has 1 saturated heterocycles. The number of hydrogen-bond acceptors (Lipinski definition) is 5. The first-order valence-electron chi connectivity index (χ1n) is 8.42. The van der Waals surface area contributed by atoms with Crippen LogP contribution in [0.15, 0.2) is 36.7 Å². The number of likely N-dealkylation sites (tertiary alicyclic amines) is 1. The lowest BCUT2D eigenvalue weighted by atomic mass is 10.0. The van der Waals surface area contributed by atoms with Crippen LogP contribution < -0.4 is 10.1 Å². The van der Waals surface area contributed by atoms with E-state index in [4.69, 9.17) is 4.74 Å². The minimum atomic E-state index is -0.459. The smallest absolute Gasteiger partial charge is 0.257 e. The first-order valence-corrected chi connectivity index (χ1v) is 8.42. The highest BCUT2D eigenvalue weighted by Crippen LogP contribution is 2.22. The molecule has 1 aromatic carbocycles. The summed E-state index contributed by atoms with van der Waals surface area (Å²) in [7, 11) is 0. The van der Waals surface area contributed by atoms with Gasteiger partial charge in [0.1, 0.15) is 5.75 Å². The van der Waals surface area contributed by atoms with Crippen LogP contribution >= 0.6 is 0 Å². The first kappa shape index (κ1) is 17.1. The lowest BCUT2D eigenvalue weighted by Gasteiger charge is -2.32. The van der Waals surface area contributed by atoms with Crippen molar-refractivity contribution in [1.29, 1.82) is 0 Å². The zero-order valence-corrected chi connectivity index (χ0v) is 14.1. The third-order valence-corrected chi connectivity index (χ3v) is 4.15. The summed E-state index contributed by atoms with van der Waals surface area (Å²) in [6, 6.07) is 7.48. The normalized spacial score (nSPS) is 15.0. The zero-order chi connectivity index (χ0) is 17.6. The molecule has 0 spiro atoms. The molecule has 1 fully saturated rings. The molecule has 1 aliphatic rings. The molecule has 0 aliphatic carbocycles. The summed E-state index contributed by atoms with van der Waals surface area (Å²) in [5.41, 5.74) is 0.595. The standard InChI is InChI=1S/C18H21FN4O2/c1-2-25-16-6-4-3-5-15(16)17(24)23-9-7-14(8-10-23)22-18-20-11-13(19)12-21-18/h3-6,11-12,14H,2,7-10H2,1H3,(H,20,21,22). The van der Waals surface area contributed by atoms with E-state index in [2.05, 4.69) is 15.3 Å². The van der Waals surface area contributed by atoms with Crippen molar-refractivity contribution in [3.8, 4) is 5.75 Å². The summed E-state index contributed by atoms with van der Waals surface area (Å²) in [5.74, 6) is 0.558. The van der Waals surface area contributed by atoms with E-state index < -0.39 is 5.82 Å². The molecule has 0 bridgehead atoms. The fourth-order valence-corrected chi connectivity index (χ4v) is 2.89. The lowest BCUT2D eigenvalue weighted by molar-refractivity contribution is 0.0714. The maximum absolute atomic E-state index is 12.8. The highest BCUT2D eigenvalue weighted by atomic mass is 19.1. The fraction of sp³-hybridized carbons (Fsp3) is 0.389. The average molecular weight is 344 g/mol. The number of carbonyl (C=O) groups is 1. The van der Waals surface area contributed by atoms with Gasteiger partial charge in [0, 0.05) is 19.1 Å². The molecule has 7 heteroatoms. The maximum atomic E-state index is 12.8. The number of aromatic nitrogens is 2. The number of nitrogens with zero attached hydrogens (tertiary/aromatic N) is 3. The lowest BCUT2D eigenvalue weighted by Crippen LogP contribution is -2.42. The third-order valence-electron chi connectivity index (χ3n) is 4.15. The maximum Gasteiger partial charge on any atom is 0.257 e. The third kappa shape index (κ3) is 4.23. The van der Waals surface area contributed by atoms with Crippen molar-refractivity contribution in [3.05, 3.63) is 48.0 Å². The Kier molecular flexibility index (Phi) is 5.42. The molecule has 6 nitrogen and oxygen atoms in total. The molecule has 1 N–H and O–H groups in total. The number of amides is 1. The molecule has 25 heavy (non-hydrogen) atoms. The minimum Gasteiger partial charge on any atom is -0.493 e. The Labute approximate surface area is 146 Å². The second-order valence-electron chi connectivity index (χ2n) is 5.86. The molecule has 1 amide bonds. The van der Waals surface area contributed by atoms with Gasteiger partial charge >= 0.3 is 0 Å². The van der Waals surface area contributed by atoms with Crippen LogP contribution in [0.5, 0.6) is 5.75 Å². The van der Waals surface area contributed by atoms with Crippen LogP contribution in [0.1, 0.15) is 30.1 Å². The van der Waals surface area contributed by atoms with Crippen LogP contribution in [0.25, 0.3) is 0 Å². The van der Waals surface area contributed by atoms with Gasteiger partial charge in [0.2, 0.25) is 5.95 Å². The van der Waals surface area contributed by atoms with Crippen LogP contribution in [0.2, 0.25) is 0 Å². The van der Waals surface area contributed by atoms with Crippen LogP contribution in [0, 0.1) is 5.82 Å². The summed E-state index contributed by atoms with van der Waals surface area (Å²) in [4.78, 5) is 22.4.